The van der Waals surface area contributed by atoms with E-state index in [0.29, 0.717) is 6.04 Å². The minimum absolute atomic E-state index is 0.580. The molecule has 2 aromatic rings. The van der Waals surface area contributed by atoms with E-state index in [1.165, 1.54) is 31.0 Å². The van der Waals surface area contributed by atoms with Crippen LogP contribution >= 0.6 is 11.7 Å². The van der Waals surface area contributed by atoms with Gasteiger partial charge < -0.3 is 9.64 Å². The molecule has 140 valence electrons. The molecule has 1 aliphatic heterocycles. The summed E-state index contributed by atoms with van der Waals surface area (Å²) in [6, 6.07) is 9.58. The van der Waals surface area contributed by atoms with Gasteiger partial charge in [-0.05, 0) is 36.8 Å². The van der Waals surface area contributed by atoms with Gasteiger partial charge in [-0.3, -0.25) is 4.90 Å². The van der Waals surface area contributed by atoms with Crippen molar-refractivity contribution >= 4 is 17.5 Å². The monoisotopic (exact) mass is 372 g/mol. The number of nitrogens with zero attached hydrogens (tertiary/aromatic N) is 4. The maximum Gasteiger partial charge on any atom is 0.270 e. The molecular weight excluding hydrogens is 344 g/mol. The van der Waals surface area contributed by atoms with E-state index < -0.39 is 0 Å². The maximum absolute atomic E-state index is 5.84. The van der Waals surface area contributed by atoms with Crippen LogP contribution in [0.5, 0.6) is 5.88 Å². The van der Waals surface area contributed by atoms with Crippen LogP contribution in [-0.2, 0) is 6.42 Å². The molecule has 1 atom stereocenters. The van der Waals surface area contributed by atoms with Gasteiger partial charge in [-0.1, -0.05) is 37.6 Å². The van der Waals surface area contributed by atoms with E-state index >= 15 is 0 Å². The summed E-state index contributed by atoms with van der Waals surface area (Å²) in [5.74, 6) is 1.66. The summed E-state index contributed by atoms with van der Waals surface area (Å²) in [5.41, 5.74) is 3.09. The molecule has 1 aromatic carbocycles. The zero-order valence-electron chi connectivity index (χ0n) is 15.6. The first-order valence-electron chi connectivity index (χ1n) is 9.89. The Balaban J connectivity index is 1.39. The molecule has 4 rings (SSSR count). The second-order valence-corrected chi connectivity index (χ2v) is 7.75. The van der Waals surface area contributed by atoms with Crippen molar-refractivity contribution in [2.24, 2.45) is 0 Å². The first-order chi connectivity index (χ1) is 12.9. The molecule has 1 unspecified atom stereocenters. The number of rotatable bonds is 6. The Morgan fingerprint density at radius 2 is 2.00 bits per heavy atom. The van der Waals surface area contributed by atoms with Crippen LogP contribution in [0, 0.1) is 0 Å². The predicted molar refractivity (Wildman–Crippen MR) is 106 cm³/mol. The first-order valence-corrected chi connectivity index (χ1v) is 10.6. The molecule has 26 heavy (non-hydrogen) atoms. The predicted octanol–water partition coefficient (Wildman–Crippen LogP) is 3.92. The number of anilines is 1. The lowest BCUT2D eigenvalue weighted by Gasteiger charge is -2.41. The smallest absolute Gasteiger partial charge is 0.270 e. The average molecular weight is 373 g/mol. The molecule has 0 amide bonds. The highest BCUT2D eigenvalue weighted by Crippen LogP contribution is 2.35. The van der Waals surface area contributed by atoms with Gasteiger partial charge in [-0.15, -0.1) is 4.37 Å². The normalized spacial score (nSPS) is 20.8. The van der Waals surface area contributed by atoms with Crippen molar-refractivity contribution in [2.45, 2.75) is 45.1 Å². The standard InChI is InChI=1S/C20H28N4OS/c1-2-3-15-25-20-19(21-26-22-20)24-13-11-23(12-14-24)18-10-6-8-16-7-4-5-9-17(16)18/h4-5,7,9,18H,2-3,6,8,10-15H2,1H3. The summed E-state index contributed by atoms with van der Waals surface area (Å²) in [5, 5.41) is 0. The SMILES string of the molecule is CCCCOc1nsnc1N1CCN(C2CCCc3ccccc32)CC1. The number of fused-ring (bicyclic) bond motifs is 1. The number of aryl methyl sites for hydroxylation is 1. The van der Waals surface area contributed by atoms with Gasteiger partial charge in [0.15, 0.2) is 0 Å². The molecule has 2 heterocycles. The van der Waals surface area contributed by atoms with Crippen molar-refractivity contribution in [3.05, 3.63) is 35.4 Å². The quantitative estimate of drug-likeness (QED) is 0.719. The number of benzene rings is 1. The highest BCUT2D eigenvalue weighted by molar-refractivity contribution is 6.99. The Bertz CT molecular complexity index is 711. The highest BCUT2D eigenvalue weighted by Gasteiger charge is 2.30. The number of unbranched alkanes of at least 4 members (excludes halogenated alkanes) is 1. The van der Waals surface area contributed by atoms with Crippen LogP contribution in [0.1, 0.15) is 49.8 Å². The number of aromatic nitrogens is 2. The first kappa shape index (κ1) is 17.7. The maximum atomic E-state index is 5.84. The van der Waals surface area contributed by atoms with E-state index in [-0.39, 0.29) is 0 Å². The Morgan fingerprint density at radius 1 is 1.15 bits per heavy atom. The van der Waals surface area contributed by atoms with Gasteiger partial charge in [0.1, 0.15) is 0 Å². The van der Waals surface area contributed by atoms with Crippen LogP contribution in [0.3, 0.4) is 0 Å². The second kappa shape index (κ2) is 8.35. The molecular formula is C20H28N4OS. The van der Waals surface area contributed by atoms with E-state index in [9.17, 15) is 0 Å². The molecule has 0 N–H and O–H groups in total. The minimum Gasteiger partial charge on any atom is -0.474 e. The zero-order chi connectivity index (χ0) is 17.8. The fourth-order valence-corrected chi connectivity index (χ4v) is 4.65. The van der Waals surface area contributed by atoms with Gasteiger partial charge in [0, 0.05) is 32.2 Å². The summed E-state index contributed by atoms with van der Waals surface area (Å²) in [6.45, 7) is 7.04. The molecule has 0 bridgehead atoms. The topological polar surface area (TPSA) is 41.5 Å². The average Bonchev–Trinajstić information content (AvgIpc) is 3.16. The number of hydrogen-bond donors (Lipinski definition) is 0. The van der Waals surface area contributed by atoms with Crippen molar-refractivity contribution < 1.29 is 4.74 Å². The summed E-state index contributed by atoms with van der Waals surface area (Å²) in [4.78, 5) is 5.00. The summed E-state index contributed by atoms with van der Waals surface area (Å²) >= 11 is 1.26. The van der Waals surface area contributed by atoms with Crippen molar-refractivity contribution in [1.29, 1.82) is 0 Å². The van der Waals surface area contributed by atoms with Crippen LogP contribution in [0.25, 0.3) is 0 Å². The summed E-state index contributed by atoms with van der Waals surface area (Å²) in [7, 11) is 0. The molecule has 0 radical (unpaired) electrons. The van der Waals surface area contributed by atoms with Crippen molar-refractivity contribution in [1.82, 2.24) is 13.6 Å². The van der Waals surface area contributed by atoms with Gasteiger partial charge in [0.2, 0.25) is 5.82 Å². The van der Waals surface area contributed by atoms with Crippen molar-refractivity contribution in [2.75, 3.05) is 37.7 Å². The summed E-state index contributed by atoms with van der Waals surface area (Å²) < 4.78 is 14.7. The molecule has 0 spiro atoms. The summed E-state index contributed by atoms with van der Waals surface area (Å²) in [6.07, 6.45) is 6.00. The van der Waals surface area contributed by atoms with Crippen LogP contribution in [-0.4, -0.2) is 46.4 Å². The fourth-order valence-electron chi connectivity index (χ4n) is 4.13. The Hall–Kier alpha value is -1.66. The minimum atomic E-state index is 0.580. The third-order valence-corrected chi connectivity index (χ3v) is 6.07. The van der Waals surface area contributed by atoms with E-state index in [2.05, 4.69) is 49.7 Å². The number of hydrogen-bond acceptors (Lipinski definition) is 6. The van der Waals surface area contributed by atoms with Gasteiger partial charge in [-0.25, -0.2) is 0 Å². The molecule has 2 aliphatic rings. The Kier molecular flexibility index (Phi) is 5.70. The lowest BCUT2D eigenvalue weighted by Crippen LogP contribution is -2.48. The molecule has 1 fully saturated rings. The van der Waals surface area contributed by atoms with E-state index in [4.69, 9.17) is 4.74 Å². The van der Waals surface area contributed by atoms with Crippen LogP contribution in [0.2, 0.25) is 0 Å². The second-order valence-electron chi connectivity index (χ2n) is 7.22. The highest BCUT2D eigenvalue weighted by atomic mass is 32.1. The van der Waals surface area contributed by atoms with Crippen LogP contribution < -0.4 is 9.64 Å². The largest absolute Gasteiger partial charge is 0.474 e. The third kappa shape index (κ3) is 3.71. The van der Waals surface area contributed by atoms with Crippen LogP contribution in [0.15, 0.2) is 24.3 Å². The lowest BCUT2D eigenvalue weighted by atomic mass is 9.86. The number of ether oxygens (including phenoxy) is 1. The van der Waals surface area contributed by atoms with Gasteiger partial charge in [-0.2, -0.15) is 4.37 Å². The molecule has 1 aliphatic carbocycles. The van der Waals surface area contributed by atoms with Crippen molar-refractivity contribution in [3.63, 3.8) is 0 Å². The van der Waals surface area contributed by atoms with Crippen LogP contribution in [0.4, 0.5) is 5.82 Å². The van der Waals surface area contributed by atoms with Gasteiger partial charge in [0.05, 0.1) is 18.3 Å². The van der Waals surface area contributed by atoms with Crippen molar-refractivity contribution in [3.8, 4) is 5.88 Å². The zero-order valence-corrected chi connectivity index (χ0v) is 16.4. The van der Waals surface area contributed by atoms with Gasteiger partial charge in [0.25, 0.3) is 5.88 Å². The molecule has 0 saturated carbocycles. The molecule has 6 heteroatoms. The fraction of sp³-hybridized carbons (Fsp3) is 0.600. The molecule has 1 aromatic heterocycles. The Labute approximate surface area is 160 Å². The molecule has 5 nitrogen and oxygen atoms in total. The van der Waals surface area contributed by atoms with Gasteiger partial charge >= 0.3 is 0 Å². The third-order valence-electron chi connectivity index (χ3n) is 5.57. The van der Waals surface area contributed by atoms with E-state index in [1.54, 1.807) is 11.1 Å². The molecule has 1 saturated heterocycles. The lowest BCUT2D eigenvalue weighted by molar-refractivity contribution is 0.168. The van der Waals surface area contributed by atoms with E-state index in [1.807, 2.05) is 0 Å². The number of piperazine rings is 1. The van der Waals surface area contributed by atoms with E-state index in [0.717, 1.165) is 57.3 Å². The Morgan fingerprint density at radius 3 is 2.85 bits per heavy atom.